The first-order chi connectivity index (χ1) is 6.65. The first kappa shape index (κ1) is 10.8. The van der Waals surface area contributed by atoms with Crippen molar-refractivity contribution in [3.63, 3.8) is 0 Å². The van der Waals surface area contributed by atoms with Crippen LogP contribution in [0.5, 0.6) is 0 Å². The highest BCUT2D eigenvalue weighted by atomic mass is 16.6. The zero-order valence-corrected chi connectivity index (χ0v) is 8.23. The minimum Gasteiger partial charge on any atom is -0.481 e. The molecule has 0 spiro atoms. The van der Waals surface area contributed by atoms with Crippen molar-refractivity contribution in [2.45, 2.75) is 19.8 Å². The van der Waals surface area contributed by atoms with Gasteiger partial charge in [0.25, 0.3) is 0 Å². The van der Waals surface area contributed by atoms with Crippen LogP contribution in [-0.2, 0) is 9.53 Å². The van der Waals surface area contributed by atoms with E-state index in [1.807, 2.05) is 6.92 Å². The number of carboxylic acids is 1. The summed E-state index contributed by atoms with van der Waals surface area (Å²) in [5.41, 5.74) is 0. The summed E-state index contributed by atoms with van der Waals surface area (Å²) in [6, 6.07) is 0. The standard InChI is InChI=1S/C9H15NO4/c1-2-3-4-10-5-7(8(11)12)6-14-9(10)13/h7H,2-6H2,1H3,(H,11,12). The van der Waals surface area contributed by atoms with Crippen LogP contribution in [0.3, 0.4) is 0 Å². The van der Waals surface area contributed by atoms with E-state index in [4.69, 9.17) is 9.84 Å². The second kappa shape index (κ2) is 4.83. The number of carbonyl (C=O) groups is 2. The summed E-state index contributed by atoms with van der Waals surface area (Å²) < 4.78 is 4.77. The fourth-order valence-electron chi connectivity index (χ4n) is 1.34. The third kappa shape index (κ3) is 2.61. The number of hydrogen-bond donors (Lipinski definition) is 1. The van der Waals surface area contributed by atoms with Gasteiger partial charge in [-0.05, 0) is 6.42 Å². The number of ether oxygens (including phenoxy) is 1. The van der Waals surface area contributed by atoms with Crippen LogP contribution in [0.2, 0.25) is 0 Å². The maximum absolute atomic E-state index is 11.2. The smallest absolute Gasteiger partial charge is 0.409 e. The van der Waals surface area contributed by atoms with Gasteiger partial charge in [0.15, 0.2) is 0 Å². The molecule has 1 aliphatic rings. The van der Waals surface area contributed by atoms with Crippen molar-refractivity contribution < 1.29 is 19.4 Å². The molecule has 80 valence electrons. The Morgan fingerprint density at radius 3 is 3.00 bits per heavy atom. The SMILES string of the molecule is CCCCN1CC(C(=O)O)COC1=O. The molecule has 14 heavy (non-hydrogen) atoms. The summed E-state index contributed by atoms with van der Waals surface area (Å²) in [6.07, 6.45) is 1.46. The summed E-state index contributed by atoms with van der Waals surface area (Å²) in [4.78, 5) is 23.3. The van der Waals surface area contributed by atoms with E-state index >= 15 is 0 Å². The van der Waals surface area contributed by atoms with E-state index in [1.54, 1.807) is 0 Å². The van der Waals surface area contributed by atoms with E-state index < -0.39 is 18.0 Å². The van der Waals surface area contributed by atoms with Crippen molar-refractivity contribution in [2.24, 2.45) is 5.92 Å². The van der Waals surface area contributed by atoms with Gasteiger partial charge >= 0.3 is 12.1 Å². The number of amides is 1. The Morgan fingerprint density at radius 1 is 1.71 bits per heavy atom. The molecule has 1 fully saturated rings. The number of rotatable bonds is 4. The largest absolute Gasteiger partial charge is 0.481 e. The zero-order valence-electron chi connectivity index (χ0n) is 8.23. The van der Waals surface area contributed by atoms with E-state index in [0.717, 1.165) is 12.8 Å². The predicted octanol–water partition coefficient (Wildman–Crippen LogP) is 0.940. The molecule has 1 amide bonds. The third-order valence-corrected chi connectivity index (χ3v) is 2.24. The molecule has 0 radical (unpaired) electrons. The van der Waals surface area contributed by atoms with Gasteiger partial charge in [-0.25, -0.2) is 4.79 Å². The first-order valence-corrected chi connectivity index (χ1v) is 4.79. The molecule has 0 aromatic carbocycles. The molecule has 1 atom stereocenters. The maximum atomic E-state index is 11.2. The van der Waals surface area contributed by atoms with Crippen LogP contribution in [0.1, 0.15) is 19.8 Å². The van der Waals surface area contributed by atoms with Crippen LogP contribution in [0, 0.1) is 5.92 Å². The lowest BCUT2D eigenvalue weighted by Crippen LogP contribution is -2.46. The fraction of sp³-hybridized carbons (Fsp3) is 0.778. The van der Waals surface area contributed by atoms with Crippen LogP contribution < -0.4 is 0 Å². The molecule has 1 rings (SSSR count). The van der Waals surface area contributed by atoms with E-state index in [2.05, 4.69) is 0 Å². The van der Waals surface area contributed by atoms with Gasteiger partial charge in [-0.1, -0.05) is 13.3 Å². The molecule has 1 N–H and O–H groups in total. The van der Waals surface area contributed by atoms with Crippen LogP contribution in [0.4, 0.5) is 4.79 Å². The zero-order chi connectivity index (χ0) is 10.6. The quantitative estimate of drug-likeness (QED) is 0.735. The van der Waals surface area contributed by atoms with Crippen LogP contribution in [-0.4, -0.2) is 41.8 Å². The Balaban J connectivity index is 2.46. The summed E-state index contributed by atoms with van der Waals surface area (Å²) in [5.74, 6) is -1.48. The van der Waals surface area contributed by atoms with Gasteiger partial charge < -0.3 is 14.7 Å². The molecule has 0 aromatic heterocycles. The highest BCUT2D eigenvalue weighted by Crippen LogP contribution is 2.12. The Hall–Kier alpha value is -1.26. The maximum Gasteiger partial charge on any atom is 0.409 e. The molecule has 1 heterocycles. The highest BCUT2D eigenvalue weighted by molar-refractivity contribution is 5.75. The third-order valence-electron chi connectivity index (χ3n) is 2.24. The lowest BCUT2D eigenvalue weighted by atomic mass is 10.1. The number of aliphatic carboxylic acids is 1. The number of carboxylic acid groups (broad SMARTS) is 1. The normalized spacial score (nSPS) is 21.9. The monoisotopic (exact) mass is 201 g/mol. The Labute approximate surface area is 82.6 Å². The van der Waals surface area contributed by atoms with E-state index in [-0.39, 0.29) is 13.2 Å². The molecule has 1 unspecified atom stereocenters. The predicted molar refractivity (Wildman–Crippen MR) is 49.0 cm³/mol. The minimum absolute atomic E-state index is 0.00318. The molecular formula is C9H15NO4. The number of carbonyl (C=O) groups excluding carboxylic acids is 1. The Morgan fingerprint density at radius 2 is 2.43 bits per heavy atom. The number of nitrogens with zero attached hydrogens (tertiary/aromatic N) is 1. The molecule has 5 heteroatoms. The van der Waals surface area contributed by atoms with Crippen LogP contribution in [0.25, 0.3) is 0 Å². The van der Waals surface area contributed by atoms with Gasteiger partial charge in [0, 0.05) is 13.1 Å². The molecule has 0 saturated carbocycles. The molecule has 0 aliphatic carbocycles. The first-order valence-electron chi connectivity index (χ1n) is 4.79. The van der Waals surface area contributed by atoms with Gasteiger partial charge in [-0.3, -0.25) is 4.79 Å². The van der Waals surface area contributed by atoms with Gasteiger partial charge in [-0.15, -0.1) is 0 Å². The van der Waals surface area contributed by atoms with Gasteiger partial charge in [0.05, 0.1) is 0 Å². The minimum atomic E-state index is -0.904. The molecular weight excluding hydrogens is 186 g/mol. The summed E-state index contributed by atoms with van der Waals surface area (Å²) in [7, 11) is 0. The molecule has 1 aliphatic heterocycles. The Kier molecular flexibility index (Phi) is 3.73. The summed E-state index contributed by atoms with van der Waals surface area (Å²) in [5, 5.41) is 8.75. The lowest BCUT2D eigenvalue weighted by molar-refractivity contribution is -0.145. The number of hydrogen-bond acceptors (Lipinski definition) is 3. The van der Waals surface area contributed by atoms with Crippen LogP contribution >= 0.6 is 0 Å². The molecule has 0 bridgehead atoms. The van der Waals surface area contributed by atoms with E-state index in [0.29, 0.717) is 6.54 Å². The lowest BCUT2D eigenvalue weighted by Gasteiger charge is -2.29. The number of cyclic esters (lactones) is 1. The highest BCUT2D eigenvalue weighted by Gasteiger charge is 2.30. The second-order valence-electron chi connectivity index (χ2n) is 3.41. The van der Waals surface area contributed by atoms with Crippen molar-refractivity contribution >= 4 is 12.1 Å². The van der Waals surface area contributed by atoms with E-state index in [1.165, 1.54) is 4.90 Å². The Bertz CT molecular complexity index is 229. The molecule has 0 aromatic rings. The van der Waals surface area contributed by atoms with E-state index in [9.17, 15) is 9.59 Å². The second-order valence-corrected chi connectivity index (χ2v) is 3.41. The van der Waals surface area contributed by atoms with Gasteiger partial charge in [-0.2, -0.15) is 0 Å². The average Bonchev–Trinajstić information content (AvgIpc) is 2.16. The summed E-state index contributed by atoms with van der Waals surface area (Å²) >= 11 is 0. The van der Waals surface area contributed by atoms with Crippen LogP contribution in [0.15, 0.2) is 0 Å². The van der Waals surface area contributed by atoms with Crippen molar-refractivity contribution in [1.82, 2.24) is 4.90 Å². The van der Waals surface area contributed by atoms with Gasteiger partial charge in [0.2, 0.25) is 0 Å². The van der Waals surface area contributed by atoms with Crippen molar-refractivity contribution in [1.29, 1.82) is 0 Å². The topological polar surface area (TPSA) is 66.8 Å². The van der Waals surface area contributed by atoms with Crippen molar-refractivity contribution in [3.8, 4) is 0 Å². The fourth-order valence-corrected chi connectivity index (χ4v) is 1.34. The summed E-state index contributed by atoms with van der Waals surface area (Å²) in [6.45, 7) is 2.87. The average molecular weight is 201 g/mol. The molecule has 1 saturated heterocycles. The van der Waals surface area contributed by atoms with Gasteiger partial charge in [0.1, 0.15) is 12.5 Å². The van der Waals surface area contributed by atoms with Crippen molar-refractivity contribution in [2.75, 3.05) is 19.7 Å². The number of unbranched alkanes of at least 4 members (excludes halogenated alkanes) is 1. The van der Waals surface area contributed by atoms with Crippen molar-refractivity contribution in [3.05, 3.63) is 0 Å². The molecule has 5 nitrogen and oxygen atoms in total.